The number of carbonyl (C=O) groups excluding carboxylic acids is 1. The Balaban J connectivity index is 0.000000640. The van der Waals surface area contributed by atoms with Gasteiger partial charge in [0.15, 0.2) is 0 Å². The van der Waals surface area contributed by atoms with Crippen molar-refractivity contribution in [3.05, 3.63) is 0 Å². The van der Waals surface area contributed by atoms with Gasteiger partial charge in [-0.1, -0.05) is 13.3 Å². The van der Waals surface area contributed by atoms with Crippen LogP contribution in [-0.4, -0.2) is 5.91 Å². The number of hydrogen-bond donors (Lipinski definition) is 1. The van der Waals surface area contributed by atoms with E-state index in [1.54, 1.807) is 0 Å². The molecule has 0 aromatic heterocycles. The van der Waals surface area contributed by atoms with E-state index in [1.807, 2.05) is 6.92 Å². The van der Waals surface area contributed by atoms with Crippen molar-refractivity contribution in [1.29, 1.82) is 0 Å². The van der Waals surface area contributed by atoms with Gasteiger partial charge in [-0.05, 0) is 12.8 Å². The molecule has 1 fully saturated rings. The SMILES string of the molecule is CC1(C(N)=O)CCC1.Cl. The molecule has 54 valence electrons. The molecule has 0 unspecified atom stereocenters. The molecule has 3 heteroatoms. The van der Waals surface area contributed by atoms with E-state index < -0.39 is 0 Å². The van der Waals surface area contributed by atoms with Crippen molar-refractivity contribution < 1.29 is 4.79 Å². The fourth-order valence-electron chi connectivity index (χ4n) is 0.954. The van der Waals surface area contributed by atoms with Crippen LogP contribution in [0.15, 0.2) is 0 Å². The molecule has 0 aliphatic heterocycles. The summed E-state index contributed by atoms with van der Waals surface area (Å²) in [5.74, 6) is -0.135. The Morgan fingerprint density at radius 1 is 1.56 bits per heavy atom. The number of primary amides is 1. The molecule has 0 heterocycles. The molecule has 2 N–H and O–H groups in total. The summed E-state index contributed by atoms with van der Waals surface area (Å²) in [6.07, 6.45) is 3.14. The minimum absolute atomic E-state index is 0. The normalized spacial score (nSPS) is 21.4. The van der Waals surface area contributed by atoms with Crippen molar-refractivity contribution in [3.8, 4) is 0 Å². The van der Waals surface area contributed by atoms with Gasteiger partial charge in [0.1, 0.15) is 0 Å². The van der Waals surface area contributed by atoms with Crippen LogP contribution in [0.5, 0.6) is 0 Å². The molecule has 1 rings (SSSR count). The van der Waals surface area contributed by atoms with Gasteiger partial charge in [0.2, 0.25) is 5.91 Å². The number of halogens is 1. The highest BCUT2D eigenvalue weighted by molar-refractivity contribution is 5.85. The van der Waals surface area contributed by atoms with E-state index in [9.17, 15) is 4.79 Å². The fourth-order valence-corrected chi connectivity index (χ4v) is 0.954. The molecule has 0 aromatic carbocycles. The Bertz CT molecular complexity index is 120. The van der Waals surface area contributed by atoms with E-state index in [1.165, 1.54) is 6.42 Å². The quantitative estimate of drug-likeness (QED) is 0.596. The second-order valence-corrected chi connectivity index (χ2v) is 2.78. The predicted molar refractivity (Wildman–Crippen MR) is 38.4 cm³/mol. The molecule has 0 radical (unpaired) electrons. The highest BCUT2D eigenvalue weighted by Crippen LogP contribution is 2.39. The van der Waals surface area contributed by atoms with Crippen molar-refractivity contribution in [2.45, 2.75) is 26.2 Å². The Hall–Kier alpha value is -0.240. The van der Waals surface area contributed by atoms with E-state index in [-0.39, 0.29) is 23.7 Å². The standard InChI is InChI=1S/C6H11NO.ClH/c1-6(5(7)8)3-2-4-6;/h2-4H2,1H3,(H2,7,8);1H. The zero-order chi connectivity index (χ0) is 6.20. The van der Waals surface area contributed by atoms with Gasteiger partial charge in [0.25, 0.3) is 0 Å². The zero-order valence-electron chi connectivity index (χ0n) is 5.52. The highest BCUT2D eigenvalue weighted by atomic mass is 35.5. The van der Waals surface area contributed by atoms with Crippen LogP contribution in [0.25, 0.3) is 0 Å². The smallest absolute Gasteiger partial charge is 0.223 e. The van der Waals surface area contributed by atoms with E-state index >= 15 is 0 Å². The Kier molecular flexibility index (Phi) is 2.50. The largest absolute Gasteiger partial charge is 0.369 e. The van der Waals surface area contributed by atoms with Gasteiger partial charge in [0, 0.05) is 5.41 Å². The Morgan fingerprint density at radius 3 is 2.00 bits per heavy atom. The summed E-state index contributed by atoms with van der Waals surface area (Å²) in [6.45, 7) is 1.93. The first-order valence-corrected chi connectivity index (χ1v) is 2.95. The summed E-state index contributed by atoms with van der Waals surface area (Å²) in [5.41, 5.74) is 4.95. The number of hydrogen-bond acceptors (Lipinski definition) is 1. The summed E-state index contributed by atoms with van der Waals surface area (Å²) in [6, 6.07) is 0. The van der Waals surface area contributed by atoms with Crippen LogP contribution in [-0.2, 0) is 4.79 Å². The lowest BCUT2D eigenvalue weighted by atomic mass is 9.70. The summed E-state index contributed by atoms with van der Waals surface area (Å²) in [4.78, 5) is 10.5. The minimum Gasteiger partial charge on any atom is -0.369 e. The second kappa shape index (κ2) is 2.56. The van der Waals surface area contributed by atoms with Crippen molar-refractivity contribution in [2.75, 3.05) is 0 Å². The maximum atomic E-state index is 10.5. The summed E-state index contributed by atoms with van der Waals surface area (Å²) in [7, 11) is 0. The summed E-state index contributed by atoms with van der Waals surface area (Å²) < 4.78 is 0. The first kappa shape index (κ1) is 8.76. The number of carbonyl (C=O) groups is 1. The van der Waals surface area contributed by atoms with E-state index in [2.05, 4.69) is 0 Å². The summed E-state index contributed by atoms with van der Waals surface area (Å²) >= 11 is 0. The van der Waals surface area contributed by atoms with Crippen molar-refractivity contribution in [3.63, 3.8) is 0 Å². The maximum Gasteiger partial charge on any atom is 0.223 e. The molecule has 0 aromatic rings. The number of amides is 1. The lowest BCUT2D eigenvalue weighted by Gasteiger charge is -2.34. The van der Waals surface area contributed by atoms with Crippen LogP contribution >= 0.6 is 12.4 Å². The molecule has 9 heavy (non-hydrogen) atoms. The van der Waals surface area contributed by atoms with Gasteiger partial charge in [-0.3, -0.25) is 4.79 Å². The number of rotatable bonds is 1. The Labute approximate surface area is 61.2 Å². The van der Waals surface area contributed by atoms with Crippen molar-refractivity contribution >= 4 is 18.3 Å². The topological polar surface area (TPSA) is 43.1 Å². The molecule has 0 spiro atoms. The van der Waals surface area contributed by atoms with E-state index in [4.69, 9.17) is 5.73 Å². The van der Waals surface area contributed by atoms with Crippen molar-refractivity contribution in [2.24, 2.45) is 11.1 Å². The molecule has 0 bridgehead atoms. The maximum absolute atomic E-state index is 10.5. The zero-order valence-corrected chi connectivity index (χ0v) is 6.33. The summed E-state index contributed by atoms with van der Waals surface area (Å²) in [5, 5.41) is 0. The second-order valence-electron chi connectivity index (χ2n) is 2.78. The molecular formula is C6H12ClNO. The van der Waals surface area contributed by atoms with Crippen LogP contribution < -0.4 is 5.73 Å². The molecule has 1 aliphatic carbocycles. The minimum atomic E-state index is -0.139. The first-order chi connectivity index (χ1) is 3.65. The molecule has 0 atom stereocenters. The Morgan fingerprint density at radius 2 is 2.00 bits per heavy atom. The molecule has 1 amide bonds. The van der Waals surface area contributed by atoms with Gasteiger partial charge in [-0.15, -0.1) is 12.4 Å². The van der Waals surface area contributed by atoms with Crippen molar-refractivity contribution in [1.82, 2.24) is 0 Å². The predicted octanol–water partition coefficient (Wildman–Crippen LogP) is 1.08. The van der Waals surface area contributed by atoms with E-state index in [0.29, 0.717) is 0 Å². The lowest BCUT2D eigenvalue weighted by molar-refractivity contribution is -0.131. The molecule has 1 aliphatic rings. The fraction of sp³-hybridized carbons (Fsp3) is 0.833. The van der Waals surface area contributed by atoms with Gasteiger partial charge >= 0.3 is 0 Å². The molecule has 2 nitrogen and oxygen atoms in total. The molecule has 1 saturated carbocycles. The van der Waals surface area contributed by atoms with Crippen LogP contribution in [0.1, 0.15) is 26.2 Å². The van der Waals surface area contributed by atoms with Crippen LogP contribution in [0, 0.1) is 5.41 Å². The lowest BCUT2D eigenvalue weighted by Crippen LogP contribution is -2.39. The third-order valence-electron chi connectivity index (χ3n) is 2.05. The third-order valence-corrected chi connectivity index (χ3v) is 2.05. The van der Waals surface area contributed by atoms with Gasteiger partial charge in [0.05, 0.1) is 0 Å². The number of nitrogens with two attached hydrogens (primary N) is 1. The van der Waals surface area contributed by atoms with Crippen LogP contribution in [0.4, 0.5) is 0 Å². The highest BCUT2D eigenvalue weighted by Gasteiger charge is 2.37. The monoisotopic (exact) mass is 149 g/mol. The van der Waals surface area contributed by atoms with Crippen LogP contribution in [0.2, 0.25) is 0 Å². The average molecular weight is 150 g/mol. The third kappa shape index (κ3) is 1.36. The molecular weight excluding hydrogens is 138 g/mol. The first-order valence-electron chi connectivity index (χ1n) is 2.95. The van der Waals surface area contributed by atoms with Gasteiger partial charge in [-0.2, -0.15) is 0 Å². The van der Waals surface area contributed by atoms with E-state index in [0.717, 1.165) is 12.8 Å². The van der Waals surface area contributed by atoms with Gasteiger partial charge in [-0.25, -0.2) is 0 Å². The molecule has 0 saturated heterocycles. The van der Waals surface area contributed by atoms with Crippen LogP contribution in [0.3, 0.4) is 0 Å². The van der Waals surface area contributed by atoms with Gasteiger partial charge < -0.3 is 5.73 Å². The average Bonchev–Trinajstić information content (AvgIpc) is 1.60.